The number of benzene rings is 2. The zero-order valence-corrected chi connectivity index (χ0v) is 12.1. The molecule has 0 aliphatic heterocycles. The molecule has 3 rings (SSSR count). The van der Waals surface area contributed by atoms with E-state index in [1.165, 1.54) is 11.8 Å². The second-order valence-electron chi connectivity index (χ2n) is 4.89. The van der Waals surface area contributed by atoms with Crippen molar-refractivity contribution in [2.45, 2.75) is 13.3 Å². The molecule has 0 saturated heterocycles. The van der Waals surface area contributed by atoms with Gasteiger partial charge in [-0.3, -0.25) is 4.79 Å². The summed E-state index contributed by atoms with van der Waals surface area (Å²) in [6.45, 7) is 2.10. The Morgan fingerprint density at radius 2 is 1.86 bits per heavy atom. The van der Waals surface area contributed by atoms with Crippen molar-refractivity contribution >= 4 is 11.0 Å². The fourth-order valence-corrected chi connectivity index (χ4v) is 2.35. The summed E-state index contributed by atoms with van der Waals surface area (Å²) in [5, 5.41) is 0.563. The van der Waals surface area contributed by atoms with Crippen LogP contribution in [0.2, 0.25) is 0 Å². The molecule has 106 valence electrons. The van der Waals surface area contributed by atoms with E-state index in [0.29, 0.717) is 22.3 Å². The molecule has 0 aliphatic rings. The molecule has 1 aromatic heterocycles. The molecular formula is C18H16O3. The minimum absolute atomic E-state index is 0.0249. The molecule has 3 aromatic rings. The van der Waals surface area contributed by atoms with Crippen LogP contribution in [0.1, 0.15) is 12.5 Å². The average Bonchev–Trinajstić information content (AvgIpc) is 2.55. The first kappa shape index (κ1) is 13.4. The predicted octanol–water partition coefficient (Wildman–Crippen LogP) is 4.03. The Balaban J connectivity index is 2.15. The normalized spacial score (nSPS) is 10.8. The van der Waals surface area contributed by atoms with Gasteiger partial charge in [0.1, 0.15) is 17.6 Å². The standard InChI is InChI=1S/C18H16O3/c1-3-12-4-6-13(7-5-12)16-11-21-17-10-14(20-2)8-9-15(17)18(16)19/h4-11H,3H2,1-2H3. The van der Waals surface area contributed by atoms with Crippen LogP contribution < -0.4 is 10.2 Å². The fraction of sp³-hybridized carbons (Fsp3) is 0.167. The van der Waals surface area contributed by atoms with Crippen LogP contribution in [-0.2, 0) is 6.42 Å². The summed E-state index contributed by atoms with van der Waals surface area (Å²) in [5.41, 5.74) is 3.21. The van der Waals surface area contributed by atoms with Gasteiger partial charge in [0.15, 0.2) is 5.43 Å². The maximum absolute atomic E-state index is 12.6. The first-order valence-corrected chi connectivity index (χ1v) is 6.92. The van der Waals surface area contributed by atoms with Gasteiger partial charge in [-0.15, -0.1) is 0 Å². The summed E-state index contributed by atoms with van der Waals surface area (Å²) in [7, 11) is 1.59. The summed E-state index contributed by atoms with van der Waals surface area (Å²) in [6.07, 6.45) is 2.50. The van der Waals surface area contributed by atoms with Gasteiger partial charge >= 0.3 is 0 Å². The molecule has 2 aromatic carbocycles. The number of rotatable bonds is 3. The molecule has 0 unspecified atom stereocenters. The van der Waals surface area contributed by atoms with Crippen molar-refractivity contribution in [3.05, 3.63) is 64.5 Å². The molecule has 0 bridgehead atoms. The van der Waals surface area contributed by atoms with Crippen molar-refractivity contribution in [2.75, 3.05) is 7.11 Å². The Bertz CT molecular complexity index is 829. The molecule has 0 aliphatic carbocycles. The minimum atomic E-state index is -0.0249. The maximum atomic E-state index is 12.6. The summed E-state index contributed by atoms with van der Waals surface area (Å²) < 4.78 is 10.7. The Kier molecular flexibility index (Phi) is 3.48. The highest BCUT2D eigenvalue weighted by Gasteiger charge is 2.09. The minimum Gasteiger partial charge on any atom is -0.497 e. The zero-order valence-electron chi connectivity index (χ0n) is 12.1. The number of hydrogen-bond acceptors (Lipinski definition) is 3. The summed E-state index contributed by atoms with van der Waals surface area (Å²) in [5.74, 6) is 0.672. The number of aryl methyl sites for hydroxylation is 1. The molecule has 21 heavy (non-hydrogen) atoms. The van der Waals surface area contributed by atoms with Gasteiger partial charge in [-0.1, -0.05) is 31.2 Å². The van der Waals surface area contributed by atoms with E-state index < -0.39 is 0 Å². The highest BCUT2D eigenvalue weighted by atomic mass is 16.5. The number of methoxy groups -OCH3 is 1. The lowest BCUT2D eigenvalue weighted by Gasteiger charge is -2.05. The molecule has 1 heterocycles. The van der Waals surface area contributed by atoms with Gasteiger partial charge < -0.3 is 9.15 Å². The third kappa shape index (κ3) is 2.42. The molecule has 3 heteroatoms. The lowest BCUT2D eigenvalue weighted by molar-refractivity contribution is 0.414. The first-order chi connectivity index (χ1) is 10.2. The van der Waals surface area contributed by atoms with Crippen LogP contribution >= 0.6 is 0 Å². The zero-order chi connectivity index (χ0) is 14.8. The van der Waals surface area contributed by atoms with Crippen LogP contribution in [-0.4, -0.2) is 7.11 Å². The largest absolute Gasteiger partial charge is 0.497 e. The third-order valence-corrected chi connectivity index (χ3v) is 3.65. The molecule has 0 saturated carbocycles. The van der Waals surface area contributed by atoms with Crippen molar-refractivity contribution in [3.63, 3.8) is 0 Å². The van der Waals surface area contributed by atoms with Crippen LogP contribution in [0, 0.1) is 0 Å². The molecule has 0 amide bonds. The van der Waals surface area contributed by atoms with Crippen molar-refractivity contribution in [1.82, 2.24) is 0 Å². The highest BCUT2D eigenvalue weighted by molar-refractivity contribution is 5.82. The second-order valence-corrected chi connectivity index (χ2v) is 4.89. The van der Waals surface area contributed by atoms with Crippen LogP contribution in [0.25, 0.3) is 22.1 Å². The summed E-state index contributed by atoms with van der Waals surface area (Å²) in [6, 6.07) is 13.2. The van der Waals surface area contributed by atoms with Gasteiger partial charge in [0.25, 0.3) is 0 Å². The monoisotopic (exact) mass is 280 g/mol. The van der Waals surface area contributed by atoms with Crippen molar-refractivity contribution in [3.8, 4) is 16.9 Å². The van der Waals surface area contributed by atoms with E-state index in [1.54, 1.807) is 25.3 Å². The molecule has 3 nitrogen and oxygen atoms in total. The van der Waals surface area contributed by atoms with Crippen LogP contribution in [0.4, 0.5) is 0 Å². The molecular weight excluding hydrogens is 264 g/mol. The van der Waals surface area contributed by atoms with Crippen LogP contribution in [0.3, 0.4) is 0 Å². The smallest absolute Gasteiger partial charge is 0.200 e. The van der Waals surface area contributed by atoms with Crippen molar-refractivity contribution < 1.29 is 9.15 Å². The number of fused-ring (bicyclic) bond motifs is 1. The highest BCUT2D eigenvalue weighted by Crippen LogP contribution is 2.23. The SMILES string of the molecule is CCc1ccc(-c2coc3cc(OC)ccc3c2=O)cc1. The Hall–Kier alpha value is -2.55. The van der Waals surface area contributed by atoms with E-state index in [4.69, 9.17) is 9.15 Å². The fourth-order valence-electron chi connectivity index (χ4n) is 2.35. The van der Waals surface area contributed by atoms with Crippen LogP contribution in [0.5, 0.6) is 5.75 Å². The number of hydrogen-bond donors (Lipinski definition) is 0. The summed E-state index contributed by atoms with van der Waals surface area (Å²) >= 11 is 0. The predicted molar refractivity (Wildman–Crippen MR) is 83.9 cm³/mol. The van der Waals surface area contributed by atoms with Gasteiger partial charge in [-0.2, -0.15) is 0 Å². The van der Waals surface area contributed by atoms with Crippen LogP contribution in [0.15, 0.2) is 57.9 Å². The van der Waals surface area contributed by atoms with E-state index in [0.717, 1.165) is 12.0 Å². The molecule has 0 fully saturated rings. The molecule has 0 N–H and O–H groups in total. The van der Waals surface area contributed by atoms with E-state index in [-0.39, 0.29) is 5.43 Å². The molecule has 0 spiro atoms. The Morgan fingerprint density at radius 1 is 1.10 bits per heavy atom. The quantitative estimate of drug-likeness (QED) is 0.727. The van der Waals surface area contributed by atoms with E-state index in [1.807, 2.05) is 24.3 Å². The van der Waals surface area contributed by atoms with Gasteiger partial charge in [-0.25, -0.2) is 0 Å². The van der Waals surface area contributed by atoms with Crippen molar-refractivity contribution in [2.24, 2.45) is 0 Å². The molecule has 0 atom stereocenters. The summed E-state index contributed by atoms with van der Waals surface area (Å²) in [4.78, 5) is 12.6. The van der Waals surface area contributed by atoms with Crippen molar-refractivity contribution in [1.29, 1.82) is 0 Å². The van der Waals surface area contributed by atoms with Gasteiger partial charge in [-0.05, 0) is 29.7 Å². The number of ether oxygens (including phenoxy) is 1. The first-order valence-electron chi connectivity index (χ1n) is 6.92. The lowest BCUT2D eigenvalue weighted by atomic mass is 10.0. The average molecular weight is 280 g/mol. The van der Waals surface area contributed by atoms with E-state index in [2.05, 4.69) is 6.92 Å². The Labute approximate surface area is 122 Å². The maximum Gasteiger partial charge on any atom is 0.200 e. The van der Waals surface area contributed by atoms with Gasteiger partial charge in [0.2, 0.25) is 0 Å². The lowest BCUT2D eigenvalue weighted by Crippen LogP contribution is -2.04. The van der Waals surface area contributed by atoms with Gasteiger partial charge in [0, 0.05) is 6.07 Å². The second kappa shape index (κ2) is 5.44. The van der Waals surface area contributed by atoms with E-state index in [9.17, 15) is 4.79 Å². The molecule has 0 radical (unpaired) electrons. The van der Waals surface area contributed by atoms with E-state index >= 15 is 0 Å². The topological polar surface area (TPSA) is 39.4 Å². The Morgan fingerprint density at radius 3 is 2.52 bits per heavy atom. The van der Waals surface area contributed by atoms with Gasteiger partial charge in [0.05, 0.1) is 18.1 Å². The third-order valence-electron chi connectivity index (χ3n) is 3.65.